The molecule has 1 aliphatic rings. The molecule has 202 valence electrons. The number of anilines is 1. The lowest BCUT2D eigenvalue weighted by Gasteiger charge is -2.23. The van der Waals surface area contributed by atoms with Crippen LogP contribution in [0.2, 0.25) is 5.02 Å². The zero-order chi connectivity index (χ0) is 27.5. The summed E-state index contributed by atoms with van der Waals surface area (Å²) >= 11 is 9.56. The highest BCUT2D eigenvalue weighted by Gasteiger charge is 2.38. The number of carbonyl (C=O) groups excluding carboxylic acids is 2. The van der Waals surface area contributed by atoms with Crippen LogP contribution in [0.3, 0.4) is 0 Å². The lowest BCUT2D eigenvalue weighted by atomic mass is 10.0. The van der Waals surface area contributed by atoms with Crippen LogP contribution >= 0.6 is 34.7 Å². The number of amides is 2. The Bertz CT molecular complexity index is 1470. The number of benzene rings is 2. The Morgan fingerprint density at radius 1 is 1.15 bits per heavy atom. The molecule has 39 heavy (non-hydrogen) atoms. The van der Waals surface area contributed by atoms with E-state index in [1.165, 1.54) is 11.8 Å². The minimum atomic E-state index is -0.211. The molecule has 0 fully saturated rings. The molecular weight excluding hydrogens is 550 g/mol. The van der Waals surface area contributed by atoms with Crippen LogP contribution in [0.1, 0.15) is 21.9 Å². The van der Waals surface area contributed by atoms with Crippen molar-refractivity contribution < 1.29 is 9.59 Å². The van der Waals surface area contributed by atoms with Crippen molar-refractivity contribution in [2.24, 2.45) is 0 Å². The van der Waals surface area contributed by atoms with Gasteiger partial charge in [-0.05, 0) is 62.3 Å². The van der Waals surface area contributed by atoms with Crippen molar-refractivity contribution in [1.29, 1.82) is 0 Å². The topological polar surface area (TPSA) is 70.5 Å². The molecule has 2 aromatic heterocycles. The van der Waals surface area contributed by atoms with Crippen LogP contribution in [-0.2, 0) is 9.59 Å². The van der Waals surface area contributed by atoms with Gasteiger partial charge >= 0.3 is 0 Å². The van der Waals surface area contributed by atoms with E-state index in [0.29, 0.717) is 23.9 Å². The number of fused-ring (bicyclic) bond motifs is 1. The number of hydrogen-bond donors (Lipinski definition) is 1. The molecule has 2 aromatic carbocycles. The number of halogens is 1. The second-order valence-corrected chi connectivity index (χ2v) is 12.2. The molecule has 7 nitrogen and oxygen atoms in total. The lowest BCUT2D eigenvalue weighted by Crippen LogP contribution is -2.43. The first-order valence-corrected chi connectivity index (χ1v) is 14.9. The molecule has 0 unspecified atom stereocenters. The summed E-state index contributed by atoms with van der Waals surface area (Å²) in [6, 6.07) is 19.8. The molecule has 0 saturated carbocycles. The number of thiophene rings is 1. The van der Waals surface area contributed by atoms with Crippen LogP contribution in [-0.4, -0.2) is 66.0 Å². The number of nitrogens with one attached hydrogen (secondary N) is 1. The summed E-state index contributed by atoms with van der Waals surface area (Å²) in [5.74, 6) is 0.482. The minimum absolute atomic E-state index is 0.0937. The van der Waals surface area contributed by atoms with E-state index in [2.05, 4.69) is 5.32 Å². The maximum absolute atomic E-state index is 13.7. The van der Waals surface area contributed by atoms with Crippen LogP contribution in [0.5, 0.6) is 0 Å². The molecule has 1 N–H and O–H groups in total. The van der Waals surface area contributed by atoms with Gasteiger partial charge in [-0.15, -0.1) is 23.1 Å². The summed E-state index contributed by atoms with van der Waals surface area (Å²) in [6.07, 6.45) is 0. The lowest BCUT2D eigenvalue weighted by molar-refractivity contribution is -0.122. The number of rotatable bonds is 8. The number of likely N-dealkylation sites (N-methyl/N-ethyl adjacent to an activating group) is 1. The van der Waals surface area contributed by atoms with Gasteiger partial charge in [-0.3, -0.25) is 14.5 Å². The predicted molar refractivity (Wildman–Crippen MR) is 161 cm³/mol. The quantitative estimate of drug-likeness (QED) is 0.302. The van der Waals surface area contributed by atoms with Crippen molar-refractivity contribution in [3.8, 4) is 16.3 Å². The van der Waals surface area contributed by atoms with Crippen molar-refractivity contribution in [1.82, 2.24) is 20.0 Å². The minimum Gasteiger partial charge on any atom is -0.353 e. The third-order valence-electron chi connectivity index (χ3n) is 6.46. The highest BCUT2D eigenvalue weighted by Crippen LogP contribution is 2.49. The third-order valence-corrected chi connectivity index (χ3v) is 8.82. The molecule has 2 amide bonds. The van der Waals surface area contributed by atoms with E-state index in [-0.39, 0.29) is 29.4 Å². The molecule has 5 rings (SSSR count). The van der Waals surface area contributed by atoms with Crippen LogP contribution in [0.4, 0.5) is 5.82 Å². The fraction of sp³-hybridized carbons (Fsp3) is 0.276. The van der Waals surface area contributed by atoms with Crippen LogP contribution in [0.15, 0.2) is 66.0 Å². The molecule has 3 heterocycles. The van der Waals surface area contributed by atoms with Crippen LogP contribution in [0, 0.1) is 6.92 Å². The van der Waals surface area contributed by atoms with Crippen LogP contribution in [0.25, 0.3) is 16.3 Å². The largest absolute Gasteiger partial charge is 0.353 e. The maximum atomic E-state index is 13.7. The molecule has 0 spiro atoms. The fourth-order valence-electron chi connectivity index (χ4n) is 4.53. The van der Waals surface area contributed by atoms with Crippen molar-refractivity contribution in [2.45, 2.75) is 12.2 Å². The monoisotopic (exact) mass is 579 g/mol. The smallest absolute Gasteiger partial charge is 0.240 e. The number of nitrogens with zero attached hydrogens (tertiary/aromatic N) is 4. The average molecular weight is 580 g/mol. The number of aryl methyl sites for hydroxylation is 1. The second-order valence-electron chi connectivity index (χ2n) is 9.69. The standard InChI is InChI=1S/C29H30ClN5O2S2/c1-19-9-11-22(12-10-19)35-29-26(27(32-35)23-8-5-15-38-23)28(20-6-4-7-21(30)16-20)39-18-25(37)34(29)17-24(36)31-13-14-33(2)3/h4-12,15-16,28H,13-14,17-18H2,1-3H3,(H,31,36)/t28-/m1/s1. The highest BCUT2D eigenvalue weighted by atomic mass is 35.5. The molecule has 0 radical (unpaired) electrons. The Labute approximate surface area is 241 Å². The molecule has 4 aromatic rings. The Morgan fingerprint density at radius 2 is 1.95 bits per heavy atom. The first-order chi connectivity index (χ1) is 18.8. The van der Waals surface area contributed by atoms with E-state index in [0.717, 1.165) is 32.9 Å². The first kappa shape index (κ1) is 27.5. The van der Waals surface area contributed by atoms with Crippen LogP contribution < -0.4 is 10.2 Å². The van der Waals surface area contributed by atoms with Gasteiger partial charge in [0.05, 0.1) is 21.6 Å². The van der Waals surface area contributed by atoms with Crippen molar-refractivity contribution in [3.05, 3.63) is 87.8 Å². The van der Waals surface area contributed by atoms with Crippen molar-refractivity contribution >= 4 is 52.3 Å². The molecule has 0 bridgehead atoms. The summed E-state index contributed by atoms with van der Waals surface area (Å²) in [5, 5.41) is 10.5. The maximum Gasteiger partial charge on any atom is 0.240 e. The SMILES string of the molecule is Cc1ccc(-n2nc(-c3cccs3)c3c2N(CC(=O)NCCN(C)C)C(=O)CS[C@@H]3c2cccc(Cl)c2)cc1. The Hall–Kier alpha value is -3.11. The van der Waals surface area contributed by atoms with Gasteiger partial charge in [0, 0.05) is 23.7 Å². The summed E-state index contributed by atoms with van der Waals surface area (Å²) in [4.78, 5) is 31.4. The summed E-state index contributed by atoms with van der Waals surface area (Å²) in [7, 11) is 3.91. The summed E-state index contributed by atoms with van der Waals surface area (Å²) < 4.78 is 1.82. The van der Waals surface area contributed by atoms with E-state index in [9.17, 15) is 9.59 Å². The van der Waals surface area contributed by atoms with Gasteiger partial charge in [-0.25, -0.2) is 4.68 Å². The predicted octanol–water partition coefficient (Wildman–Crippen LogP) is 5.41. The Balaban J connectivity index is 1.70. The number of aromatic nitrogens is 2. The zero-order valence-electron chi connectivity index (χ0n) is 22.1. The van der Waals surface area contributed by atoms with Gasteiger partial charge in [0.1, 0.15) is 18.1 Å². The average Bonchev–Trinajstić information content (AvgIpc) is 3.54. The highest BCUT2D eigenvalue weighted by molar-refractivity contribution is 8.00. The van der Waals surface area contributed by atoms with E-state index >= 15 is 0 Å². The van der Waals surface area contributed by atoms with Crippen molar-refractivity contribution in [2.75, 3.05) is 44.4 Å². The zero-order valence-corrected chi connectivity index (χ0v) is 24.4. The number of carbonyl (C=O) groups is 2. The normalized spacial score (nSPS) is 15.4. The molecule has 10 heteroatoms. The molecule has 0 aliphatic carbocycles. The molecule has 1 aliphatic heterocycles. The van der Waals surface area contributed by atoms with E-state index in [1.807, 2.05) is 96.6 Å². The second kappa shape index (κ2) is 12.0. The Morgan fingerprint density at radius 3 is 2.64 bits per heavy atom. The fourth-order valence-corrected chi connectivity index (χ4v) is 6.64. The number of hydrogen-bond acceptors (Lipinski definition) is 6. The van der Waals surface area contributed by atoms with Gasteiger partial charge in [0.15, 0.2) is 0 Å². The van der Waals surface area contributed by atoms with E-state index in [1.54, 1.807) is 16.2 Å². The van der Waals surface area contributed by atoms with E-state index in [4.69, 9.17) is 16.7 Å². The van der Waals surface area contributed by atoms with Gasteiger partial charge in [-0.1, -0.05) is 47.5 Å². The van der Waals surface area contributed by atoms with Gasteiger partial charge < -0.3 is 10.2 Å². The summed E-state index contributed by atoms with van der Waals surface area (Å²) in [6.45, 7) is 3.15. The van der Waals surface area contributed by atoms with Gasteiger partial charge in [0.2, 0.25) is 11.8 Å². The van der Waals surface area contributed by atoms with Crippen molar-refractivity contribution in [3.63, 3.8) is 0 Å². The number of thioether (sulfide) groups is 1. The Kier molecular flexibility index (Phi) is 8.42. The molecule has 1 atom stereocenters. The summed E-state index contributed by atoms with van der Waals surface area (Å²) in [5.41, 5.74) is 4.63. The molecular formula is C29H30ClN5O2S2. The third kappa shape index (κ3) is 6.06. The van der Waals surface area contributed by atoms with Gasteiger partial charge in [-0.2, -0.15) is 5.10 Å². The van der Waals surface area contributed by atoms with E-state index < -0.39 is 0 Å². The molecule has 0 saturated heterocycles. The first-order valence-electron chi connectivity index (χ1n) is 12.6. The van der Waals surface area contributed by atoms with Gasteiger partial charge in [0.25, 0.3) is 0 Å².